The van der Waals surface area contributed by atoms with Crippen LogP contribution in [0.1, 0.15) is 12.0 Å². The first kappa shape index (κ1) is 13.8. The second-order valence-electron chi connectivity index (χ2n) is 3.91. The topological polar surface area (TPSA) is 17.8 Å². The van der Waals surface area contributed by atoms with E-state index in [0.29, 0.717) is 10.3 Å². The van der Waals surface area contributed by atoms with Crippen LogP contribution in [0.2, 0.25) is 10.3 Å². The SMILES string of the molecule is Clc1ncn(CCCSCc2ccccc2)c1Cl. The van der Waals surface area contributed by atoms with Gasteiger partial charge in [-0.3, -0.25) is 0 Å². The molecule has 5 heteroatoms. The summed E-state index contributed by atoms with van der Waals surface area (Å²) in [6.45, 7) is 0.861. The molecule has 0 N–H and O–H groups in total. The number of hydrogen-bond donors (Lipinski definition) is 0. The van der Waals surface area contributed by atoms with Gasteiger partial charge >= 0.3 is 0 Å². The van der Waals surface area contributed by atoms with Crippen LogP contribution in [-0.2, 0) is 12.3 Å². The fraction of sp³-hybridized carbons (Fsp3) is 0.308. The number of aromatic nitrogens is 2. The van der Waals surface area contributed by atoms with Gasteiger partial charge in [0, 0.05) is 12.3 Å². The second kappa shape index (κ2) is 7.07. The van der Waals surface area contributed by atoms with Crippen molar-refractivity contribution in [2.45, 2.75) is 18.7 Å². The molecule has 96 valence electrons. The van der Waals surface area contributed by atoms with E-state index in [4.69, 9.17) is 23.2 Å². The number of hydrogen-bond acceptors (Lipinski definition) is 2. The zero-order chi connectivity index (χ0) is 12.8. The quantitative estimate of drug-likeness (QED) is 0.730. The highest BCUT2D eigenvalue weighted by Gasteiger charge is 2.04. The van der Waals surface area contributed by atoms with Gasteiger partial charge in [0.05, 0.1) is 6.33 Å². The molecule has 0 aliphatic heterocycles. The third kappa shape index (κ3) is 3.94. The maximum atomic E-state index is 5.98. The summed E-state index contributed by atoms with van der Waals surface area (Å²) >= 11 is 13.7. The Hall–Kier alpha value is -0.640. The highest BCUT2D eigenvalue weighted by Crippen LogP contribution is 2.20. The van der Waals surface area contributed by atoms with Gasteiger partial charge in [0.15, 0.2) is 5.15 Å². The fourth-order valence-corrected chi connectivity index (χ4v) is 2.83. The van der Waals surface area contributed by atoms with Crippen LogP contribution in [0.4, 0.5) is 0 Å². The van der Waals surface area contributed by atoms with E-state index in [2.05, 4.69) is 29.2 Å². The van der Waals surface area contributed by atoms with Crippen molar-refractivity contribution >= 4 is 35.0 Å². The molecule has 0 saturated carbocycles. The normalized spacial score (nSPS) is 10.8. The Morgan fingerprint density at radius 3 is 2.61 bits per heavy atom. The number of aryl methyl sites for hydroxylation is 1. The predicted octanol–water partition coefficient (Wildman–Crippen LogP) is 4.51. The highest BCUT2D eigenvalue weighted by atomic mass is 35.5. The summed E-state index contributed by atoms with van der Waals surface area (Å²) < 4.78 is 1.88. The lowest BCUT2D eigenvalue weighted by Gasteiger charge is -2.04. The van der Waals surface area contributed by atoms with E-state index in [1.807, 2.05) is 22.4 Å². The average molecular weight is 301 g/mol. The van der Waals surface area contributed by atoms with Gasteiger partial charge in [-0.2, -0.15) is 11.8 Å². The fourth-order valence-electron chi connectivity index (χ4n) is 1.60. The van der Waals surface area contributed by atoms with Crippen molar-refractivity contribution in [1.82, 2.24) is 9.55 Å². The standard InChI is InChI=1S/C13H14Cl2N2S/c14-12-13(15)17(10-16-12)7-4-8-18-9-11-5-2-1-3-6-11/h1-3,5-6,10H,4,7-9H2. The highest BCUT2D eigenvalue weighted by molar-refractivity contribution is 7.98. The smallest absolute Gasteiger partial charge is 0.166 e. The van der Waals surface area contributed by atoms with Gasteiger partial charge in [-0.15, -0.1) is 0 Å². The Morgan fingerprint density at radius 1 is 1.17 bits per heavy atom. The van der Waals surface area contributed by atoms with Gasteiger partial charge in [0.25, 0.3) is 0 Å². The molecule has 0 aliphatic rings. The van der Waals surface area contributed by atoms with Crippen molar-refractivity contribution in [3.63, 3.8) is 0 Å². The third-order valence-electron chi connectivity index (χ3n) is 2.53. The van der Waals surface area contributed by atoms with E-state index in [9.17, 15) is 0 Å². The minimum atomic E-state index is 0.383. The molecule has 18 heavy (non-hydrogen) atoms. The number of benzene rings is 1. The molecule has 0 aliphatic carbocycles. The van der Waals surface area contributed by atoms with Gasteiger partial charge in [0.2, 0.25) is 0 Å². The molecular weight excluding hydrogens is 287 g/mol. The van der Waals surface area contributed by atoms with Crippen LogP contribution < -0.4 is 0 Å². The maximum Gasteiger partial charge on any atom is 0.166 e. The number of halogens is 2. The third-order valence-corrected chi connectivity index (χ3v) is 4.42. The summed E-state index contributed by atoms with van der Waals surface area (Å²) in [6, 6.07) is 10.5. The first-order valence-corrected chi connectivity index (χ1v) is 7.66. The lowest BCUT2D eigenvalue weighted by atomic mass is 10.2. The minimum absolute atomic E-state index is 0.383. The molecule has 1 aromatic heterocycles. The van der Waals surface area contributed by atoms with Crippen LogP contribution in [0.25, 0.3) is 0 Å². The Morgan fingerprint density at radius 2 is 1.94 bits per heavy atom. The first-order chi connectivity index (χ1) is 8.77. The van der Waals surface area contributed by atoms with E-state index in [-0.39, 0.29) is 0 Å². The van der Waals surface area contributed by atoms with E-state index in [1.165, 1.54) is 5.56 Å². The lowest BCUT2D eigenvalue weighted by Crippen LogP contribution is -1.97. The molecule has 0 amide bonds. The Kier molecular flexibility index (Phi) is 5.42. The zero-order valence-electron chi connectivity index (χ0n) is 9.85. The molecule has 2 aromatic rings. The molecule has 2 rings (SSSR count). The van der Waals surface area contributed by atoms with Gasteiger partial charge < -0.3 is 4.57 Å². The minimum Gasteiger partial charge on any atom is -0.320 e. The Balaban J connectivity index is 1.66. The van der Waals surface area contributed by atoms with Crippen molar-refractivity contribution in [2.24, 2.45) is 0 Å². The number of rotatable bonds is 6. The van der Waals surface area contributed by atoms with E-state index in [1.54, 1.807) is 6.33 Å². The van der Waals surface area contributed by atoms with Crippen LogP contribution >= 0.6 is 35.0 Å². The molecule has 2 nitrogen and oxygen atoms in total. The average Bonchev–Trinajstić information content (AvgIpc) is 2.71. The van der Waals surface area contributed by atoms with Crippen molar-refractivity contribution in [3.8, 4) is 0 Å². The predicted molar refractivity (Wildman–Crippen MR) is 79.5 cm³/mol. The van der Waals surface area contributed by atoms with E-state index < -0.39 is 0 Å². The van der Waals surface area contributed by atoms with Gasteiger partial charge in [0.1, 0.15) is 5.15 Å². The molecule has 0 spiro atoms. The first-order valence-electron chi connectivity index (χ1n) is 5.75. The van der Waals surface area contributed by atoms with Crippen molar-refractivity contribution in [2.75, 3.05) is 5.75 Å². The number of nitrogens with zero attached hydrogens (tertiary/aromatic N) is 2. The number of imidazole rings is 1. The zero-order valence-corrected chi connectivity index (χ0v) is 12.2. The molecular formula is C13H14Cl2N2S. The molecule has 0 fully saturated rings. The van der Waals surface area contributed by atoms with Crippen LogP contribution in [0.5, 0.6) is 0 Å². The van der Waals surface area contributed by atoms with Gasteiger partial charge in [-0.1, -0.05) is 53.5 Å². The second-order valence-corrected chi connectivity index (χ2v) is 5.73. The largest absolute Gasteiger partial charge is 0.320 e. The van der Waals surface area contributed by atoms with Crippen LogP contribution in [0.3, 0.4) is 0 Å². The van der Waals surface area contributed by atoms with Gasteiger partial charge in [-0.25, -0.2) is 4.98 Å². The molecule has 0 unspecified atom stereocenters. The molecule has 0 radical (unpaired) electrons. The molecule has 0 bridgehead atoms. The Labute approximate surface area is 121 Å². The summed E-state index contributed by atoms with van der Waals surface area (Å²) in [7, 11) is 0. The van der Waals surface area contributed by atoms with Crippen LogP contribution in [-0.4, -0.2) is 15.3 Å². The van der Waals surface area contributed by atoms with Crippen LogP contribution in [0, 0.1) is 0 Å². The summed E-state index contributed by atoms with van der Waals surface area (Å²) in [4.78, 5) is 3.95. The van der Waals surface area contributed by atoms with Crippen molar-refractivity contribution in [3.05, 3.63) is 52.5 Å². The van der Waals surface area contributed by atoms with E-state index >= 15 is 0 Å². The summed E-state index contributed by atoms with van der Waals surface area (Å²) in [5.74, 6) is 2.15. The van der Waals surface area contributed by atoms with Crippen LogP contribution in [0.15, 0.2) is 36.7 Å². The van der Waals surface area contributed by atoms with Crippen molar-refractivity contribution in [1.29, 1.82) is 0 Å². The molecule has 0 atom stereocenters. The Bertz CT molecular complexity index is 485. The summed E-state index contributed by atoms with van der Waals surface area (Å²) in [5.41, 5.74) is 1.37. The van der Waals surface area contributed by atoms with E-state index in [0.717, 1.165) is 24.5 Å². The molecule has 1 aromatic carbocycles. The molecule has 0 saturated heterocycles. The summed E-state index contributed by atoms with van der Waals surface area (Å²) in [5, 5.41) is 0.915. The number of thioether (sulfide) groups is 1. The van der Waals surface area contributed by atoms with Crippen molar-refractivity contribution < 1.29 is 0 Å². The maximum absolute atomic E-state index is 5.98. The van der Waals surface area contributed by atoms with Gasteiger partial charge in [-0.05, 0) is 17.7 Å². The molecule has 1 heterocycles. The lowest BCUT2D eigenvalue weighted by molar-refractivity contribution is 0.684. The monoisotopic (exact) mass is 300 g/mol. The summed E-state index contributed by atoms with van der Waals surface area (Å²) in [6.07, 6.45) is 2.75.